The van der Waals surface area contributed by atoms with Crippen LogP contribution in [0.2, 0.25) is 5.02 Å². The first-order chi connectivity index (χ1) is 16.0. The minimum absolute atomic E-state index is 0.00279. The fraction of sp³-hybridized carbons (Fsp3) is 0.381. The number of hydrogen-bond acceptors (Lipinski definition) is 7. The van der Waals surface area contributed by atoms with Crippen LogP contribution in [0.3, 0.4) is 0 Å². The van der Waals surface area contributed by atoms with E-state index in [1.54, 1.807) is 0 Å². The summed E-state index contributed by atoms with van der Waals surface area (Å²) in [6, 6.07) is 5.99. The highest BCUT2D eigenvalue weighted by Gasteiger charge is 2.31. The molecular formula is C21H20ClF3N2O7. The first kappa shape index (κ1) is 25.5. The molecule has 9 nitrogen and oxygen atoms in total. The SMILES string of the molecule is CC(Oc1cc(Oc2ccc(C(F)(F)F)cc2Cl)ccc1[N+](=O)[O-])C(=O)N(C)CC1OCCO1. The van der Waals surface area contributed by atoms with Crippen LogP contribution in [0, 0.1) is 10.1 Å². The molecule has 0 spiro atoms. The molecule has 3 rings (SSSR count). The lowest BCUT2D eigenvalue weighted by Gasteiger charge is -2.24. The van der Waals surface area contributed by atoms with Crippen LogP contribution < -0.4 is 9.47 Å². The zero-order chi connectivity index (χ0) is 25.0. The average Bonchev–Trinajstić information content (AvgIpc) is 3.26. The van der Waals surface area contributed by atoms with Crippen molar-refractivity contribution in [2.75, 3.05) is 26.8 Å². The molecule has 13 heteroatoms. The summed E-state index contributed by atoms with van der Waals surface area (Å²) in [5.41, 5.74) is -1.39. The number of ether oxygens (including phenoxy) is 4. The lowest BCUT2D eigenvalue weighted by Crippen LogP contribution is -2.42. The second-order valence-electron chi connectivity index (χ2n) is 7.28. The Morgan fingerprint density at radius 3 is 2.50 bits per heavy atom. The van der Waals surface area contributed by atoms with Gasteiger partial charge < -0.3 is 23.8 Å². The van der Waals surface area contributed by atoms with Crippen molar-refractivity contribution in [1.82, 2.24) is 4.90 Å². The number of carbonyl (C=O) groups excluding carboxylic acids is 1. The highest BCUT2D eigenvalue weighted by atomic mass is 35.5. The normalized spacial score (nSPS) is 15.1. The molecule has 1 amide bonds. The lowest BCUT2D eigenvalue weighted by atomic mass is 10.2. The number of rotatable bonds is 8. The van der Waals surface area contributed by atoms with Gasteiger partial charge in [0.25, 0.3) is 5.91 Å². The summed E-state index contributed by atoms with van der Waals surface area (Å²) in [5.74, 6) is -0.850. The maximum absolute atomic E-state index is 12.8. The molecule has 1 atom stereocenters. The summed E-state index contributed by atoms with van der Waals surface area (Å²) < 4.78 is 60.1. The van der Waals surface area contributed by atoms with Crippen LogP contribution in [-0.2, 0) is 20.4 Å². The largest absolute Gasteiger partial charge is 0.474 e. The topological polar surface area (TPSA) is 100 Å². The van der Waals surface area contributed by atoms with Crippen molar-refractivity contribution in [3.05, 3.63) is 57.1 Å². The minimum atomic E-state index is -4.58. The molecule has 1 heterocycles. The molecule has 0 bridgehead atoms. The molecule has 34 heavy (non-hydrogen) atoms. The third-order valence-corrected chi connectivity index (χ3v) is 5.05. The Balaban J connectivity index is 1.77. The summed E-state index contributed by atoms with van der Waals surface area (Å²) in [6.07, 6.45) is -6.27. The van der Waals surface area contributed by atoms with Crippen LogP contribution in [0.5, 0.6) is 17.2 Å². The first-order valence-corrected chi connectivity index (χ1v) is 10.3. The van der Waals surface area contributed by atoms with Gasteiger partial charge >= 0.3 is 11.9 Å². The van der Waals surface area contributed by atoms with Crippen molar-refractivity contribution in [2.24, 2.45) is 0 Å². The molecule has 0 radical (unpaired) electrons. The van der Waals surface area contributed by atoms with Gasteiger partial charge in [-0.3, -0.25) is 14.9 Å². The Kier molecular flexibility index (Phi) is 7.85. The van der Waals surface area contributed by atoms with Crippen molar-refractivity contribution in [2.45, 2.75) is 25.5 Å². The summed E-state index contributed by atoms with van der Waals surface area (Å²) >= 11 is 5.90. The smallest absolute Gasteiger partial charge is 0.416 e. The molecule has 0 saturated carbocycles. The van der Waals surface area contributed by atoms with E-state index in [9.17, 15) is 28.1 Å². The molecule has 1 aliphatic heterocycles. The number of likely N-dealkylation sites (N-methyl/N-ethyl adjacent to an activating group) is 1. The highest BCUT2D eigenvalue weighted by molar-refractivity contribution is 6.32. The standard InChI is InChI=1S/C21H20ClF3N2O7/c1-12(20(28)26(2)11-19-31-7-8-32-19)33-18-10-14(4-5-16(18)27(29)30)34-17-6-3-13(9-15(17)22)21(23,24)25/h3-6,9-10,12,19H,7-8,11H2,1-2H3. The van der Waals surface area contributed by atoms with Crippen LogP contribution in [0.25, 0.3) is 0 Å². The number of nitro groups is 1. The minimum Gasteiger partial charge on any atom is -0.474 e. The molecule has 1 saturated heterocycles. The van der Waals surface area contributed by atoms with Gasteiger partial charge in [0, 0.05) is 19.2 Å². The maximum Gasteiger partial charge on any atom is 0.416 e. The van der Waals surface area contributed by atoms with Crippen molar-refractivity contribution >= 4 is 23.2 Å². The van der Waals surface area contributed by atoms with E-state index in [0.717, 1.165) is 24.3 Å². The summed E-state index contributed by atoms with van der Waals surface area (Å²) in [5, 5.41) is 11.1. The Bertz CT molecular complexity index is 1060. The molecule has 0 aromatic heterocycles. The Morgan fingerprint density at radius 2 is 1.91 bits per heavy atom. The number of hydrogen-bond donors (Lipinski definition) is 0. The predicted octanol–water partition coefficient (Wildman–Crippen LogP) is 4.66. The van der Waals surface area contributed by atoms with Gasteiger partial charge in [-0.2, -0.15) is 13.2 Å². The molecular weight excluding hydrogens is 485 g/mol. The van der Waals surface area contributed by atoms with E-state index in [4.69, 9.17) is 30.5 Å². The van der Waals surface area contributed by atoms with E-state index in [2.05, 4.69) is 0 Å². The average molecular weight is 505 g/mol. The van der Waals surface area contributed by atoms with Gasteiger partial charge in [0.1, 0.15) is 11.5 Å². The van der Waals surface area contributed by atoms with E-state index in [1.165, 1.54) is 24.9 Å². The summed E-state index contributed by atoms with van der Waals surface area (Å²) in [6.45, 7) is 2.39. The zero-order valence-electron chi connectivity index (χ0n) is 18.0. The van der Waals surface area contributed by atoms with Crippen LogP contribution in [0.1, 0.15) is 12.5 Å². The second-order valence-corrected chi connectivity index (χ2v) is 7.69. The van der Waals surface area contributed by atoms with Gasteiger partial charge in [-0.1, -0.05) is 11.6 Å². The molecule has 2 aromatic rings. The van der Waals surface area contributed by atoms with E-state index in [0.29, 0.717) is 19.3 Å². The van der Waals surface area contributed by atoms with Crippen LogP contribution in [-0.4, -0.2) is 54.9 Å². The predicted molar refractivity (Wildman–Crippen MR) is 113 cm³/mol. The first-order valence-electron chi connectivity index (χ1n) is 9.93. The molecule has 1 unspecified atom stereocenters. The van der Waals surface area contributed by atoms with Crippen molar-refractivity contribution in [3.63, 3.8) is 0 Å². The van der Waals surface area contributed by atoms with Gasteiger partial charge in [-0.05, 0) is 31.2 Å². The number of benzene rings is 2. The Morgan fingerprint density at radius 1 is 1.24 bits per heavy atom. The highest BCUT2D eigenvalue weighted by Crippen LogP contribution is 2.38. The fourth-order valence-corrected chi connectivity index (χ4v) is 3.29. The lowest BCUT2D eigenvalue weighted by molar-refractivity contribution is -0.386. The van der Waals surface area contributed by atoms with E-state index in [1.807, 2.05) is 0 Å². The van der Waals surface area contributed by atoms with Crippen molar-refractivity contribution < 1.29 is 41.8 Å². The third-order valence-electron chi connectivity index (χ3n) is 4.76. The van der Waals surface area contributed by atoms with Crippen LogP contribution in [0.4, 0.5) is 18.9 Å². The van der Waals surface area contributed by atoms with Crippen molar-refractivity contribution in [3.8, 4) is 17.2 Å². The Labute approximate surface area is 197 Å². The van der Waals surface area contributed by atoms with Gasteiger partial charge in [0.05, 0.1) is 35.3 Å². The van der Waals surface area contributed by atoms with Crippen LogP contribution >= 0.6 is 11.6 Å². The molecule has 2 aromatic carbocycles. The van der Waals surface area contributed by atoms with Crippen LogP contribution in [0.15, 0.2) is 36.4 Å². The molecule has 0 aliphatic carbocycles. The number of alkyl halides is 3. The van der Waals surface area contributed by atoms with Crippen molar-refractivity contribution in [1.29, 1.82) is 0 Å². The zero-order valence-corrected chi connectivity index (χ0v) is 18.8. The number of halogens is 4. The number of carbonyl (C=O) groups is 1. The van der Waals surface area contributed by atoms with Gasteiger partial charge in [-0.15, -0.1) is 0 Å². The van der Waals surface area contributed by atoms with E-state index < -0.39 is 40.7 Å². The Hall–Kier alpha value is -3.09. The maximum atomic E-state index is 12.8. The number of nitrogens with zero attached hydrogens (tertiary/aromatic N) is 2. The third kappa shape index (κ3) is 6.27. The summed E-state index contributed by atoms with van der Waals surface area (Å²) in [4.78, 5) is 24.7. The molecule has 1 fully saturated rings. The molecule has 184 valence electrons. The number of amides is 1. The fourth-order valence-electron chi connectivity index (χ4n) is 3.07. The van der Waals surface area contributed by atoms with Gasteiger partial charge in [0.2, 0.25) is 5.75 Å². The second kappa shape index (κ2) is 10.5. The van der Waals surface area contributed by atoms with Gasteiger partial charge in [0.15, 0.2) is 12.4 Å². The molecule has 1 aliphatic rings. The van der Waals surface area contributed by atoms with Gasteiger partial charge in [-0.25, -0.2) is 0 Å². The number of nitro benzene ring substituents is 1. The summed E-state index contributed by atoms with van der Waals surface area (Å²) in [7, 11) is 1.51. The quantitative estimate of drug-likeness (QED) is 0.381. The van der Waals surface area contributed by atoms with E-state index in [-0.39, 0.29) is 28.8 Å². The van der Waals surface area contributed by atoms with E-state index >= 15 is 0 Å². The molecule has 0 N–H and O–H groups in total. The monoisotopic (exact) mass is 504 g/mol.